The Kier molecular flexibility index (Phi) is 3.83. The number of carbonyl (C=O) groups is 1. The van der Waals surface area contributed by atoms with Crippen LogP contribution in [0, 0.1) is 29.6 Å². The zero-order chi connectivity index (χ0) is 17.7. The molecule has 0 atom stereocenters. The summed E-state index contributed by atoms with van der Waals surface area (Å²) in [5.41, 5.74) is 7.16. The second-order valence-electron chi connectivity index (χ2n) is 8.35. The van der Waals surface area contributed by atoms with Gasteiger partial charge in [0.25, 0.3) is 0 Å². The van der Waals surface area contributed by atoms with E-state index in [1.807, 2.05) is 4.57 Å². The van der Waals surface area contributed by atoms with Crippen molar-refractivity contribution < 1.29 is 9.53 Å². The predicted octanol–water partition coefficient (Wildman–Crippen LogP) is 2.41. The van der Waals surface area contributed by atoms with E-state index >= 15 is 0 Å². The number of esters is 1. The van der Waals surface area contributed by atoms with Crippen LogP contribution in [0.1, 0.15) is 38.5 Å². The van der Waals surface area contributed by atoms with Crippen LogP contribution in [0.5, 0.6) is 0 Å². The maximum absolute atomic E-state index is 12.7. The third-order valence-corrected chi connectivity index (χ3v) is 6.72. The fourth-order valence-corrected chi connectivity index (χ4v) is 5.88. The van der Waals surface area contributed by atoms with E-state index in [0.717, 1.165) is 23.9 Å². The van der Waals surface area contributed by atoms with Gasteiger partial charge in [0.1, 0.15) is 11.8 Å². The van der Waals surface area contributed by atoms with Crippen LogP contribution in [0.2, 0.25) is 0 Å². The first-order valence-electron chi connectivity index (χ1n) is 9.77. The van der Waals surface area contributed by atoms with Gasteiger partial charge >= 0.3 is 5.97 Å². The van der Waals surface area contributed by atoms with Gasteiger partial charge < -0.3 is 15.0 Å². The van der Waals surface area contributed by atoms with Crippen molar-refractivity contribution in [1.29, 1.82) is 0 Å². The van der Waals surface area contributed by atoms with Gasteiger partial charge in [0.2, 0.25) is 0 Å². The lowest BCUT2D eigenvalue weighted by Gasteiger charge is -2.53. The summed E-state index contributed by atoms with van der Waals surface area (Å²) >= 11 is 0. The maximum atomic E-state index is 12.7. The molecule has 2 aromatic rings. The lowest BCUT2D eigenvalue weighted by molar-refractivity contribution is -0.162. The minimum absolute atomic E-state index is 0.0425. The van der Waals surface area contributed by atoms with E-state index in [4.69, 9.17) is 10.5 Å². The van der Waals surface area contributed by atoms with Crippen molar-refractivity contribution in [3.63, 3.8) is 0 Å². The van der Waals surface area contributed by atoms with E-state index in [-0.39, 0.29) is 11.9 Å². The molecule has 0 amide bonds. The molecule has 0 aliphatic heterocycles. The lowest BCUT2D eigenvalue weighted by atomic mass is 9.52. The molecule has 0 unspecified atom stereocenters. The van der Waals surface area contributed by atoms with Crippen molar-refractivity contribution in [2.75, 3.05) is 12.3 Å². The minimum Gasteiger partial charge on any atom is -0.465 e. The van der Waals surface area contributed by atoms with E-state index in [0.29, 0.717) is 36.3 Å². The van der Waals surface area contributed by atoms with Crippen molar-refractivity contribution in [3.8, 4) is 0 Å². The van der Waals surface area contributed by atoms with Gasteiger partial charge in [-0.25, -0.2) is 15.0 Å². The first-order chi connectivity index (χ1) is 12.7. The quantitative estimate of drug-likeness (QED) is 0.653. The molecule has 4 aliphatic rings. The van der Waals surface area contributed by atoms with E-state index in [1.54, 1.807) is 6.33 Å². The van der Waals surface area contributed by atoms with Gasteiger partial charge in [-0.1, -0.05) is 0 Å². The van der Waals surface area contributed by atoms with Gasteiger partial charge in [0.15, 0.2) is 11.5 Å². The number of anilines is 1. The normalized spacial score (nSPS) is 32.2. The average molecular weight is 355 g/mol. The number of rotatable bonds is 5. The van der Waals surface area contributed by atoms with Crippen LogP contribution in [0.15, 0.2) is 12.7 Å². The highest BCUT2D eigenvalue weighted by Crippen LogP contribution is 2.56. The molecule has 0 aromatic carbocycles. The second kappa shape index (κ2) is 6.21. The van der Waals surface area contributed by atoms with Gasteiger partial charge in [0, 0.05) is 6.54 Å². The molecule has 4 fully saturated rings. The van der Waals surface area contributed by atoms with E-state index in [9.17, 15) is 4.79 Å². The smallest absolute Gasteiger partial charge is 0.309 e. The molecule has 2 aromatic heterocycles. The molecule has 0 radical (unpaired) electrons. The molecule has 7 nitrogen and oxygen atoms in total. The molecule has 0 spiro atoms. The topological polar surface area (TPSA) is 95.9 Å². The molecule has 0 saturated heterocycles. The summed E-state index contributed by atoms with van der Waals surface area (Å²) in [5.74, 6) is 3.51. The molecule has 6 rings (SSSR count). The molecule has 4 saturated carbocycles. The van der Waals surface area contributed by atoms with Gasteiger partial charge in [0.05, 0.1) is 18.9 Å². The predicted molar refractivity (Wildman–Crippen MR) is 95.8 cm³/mol. The van der Waals surface area contributed by atoms with Crippen LogP contribution in [-0.2, 0) is 16.1 Å². The molecule has 7 heteroatoms. The lowest BCUT2D eigenvalue weighted by Crippen LogP contribution is -2.48. The Labute approximate surface area is 152 Å². The average Bonchev–Trinajstić information content (AvgIpc) is 3.02. The number of nitrogen functional groups attached to an aromatic ring is 1. The highest BCUT2D eigenvalue weighted by molar-refractivity contribution is 5.81. The van der Waals surface area contributed by atoms with E-state index < -0.39 is 0 Å². The number of hydrogen-bond donors (Lipinski definition) is 1. The Morgan fingerprint density at radius 2 is 1.85 bits per heavy atom. The van der Waals surface area contributed by atoms with Crippen LogP contribution in [-0.4, -0.2) is 32.1 Å². The molecular weight excluding hydrogens is 330 g/mol. The van der Waals surface area contributed by atoms with Gasteiger partial charge in [-0.2, -0.15) is 0 Å². The van der Waals surface area contributed by atoms with Crippen molar-refractivity contribution in [3.05, 3.63) is 12.7 Å². The van der Waals surface area contributed by atoms with Crippen LogP contribution >= 0.6 is 0 Å². The Morgan fingerprint density at radius 3 is 2.58 bits per heavy atom. The Hall–Kier alpha value is -2.18. The summed E-state index contributed by atoms with van der Waals surface area (Å²) in [6.07, 6.45) is 10.3. The highest BCUT2D eigenvalue weighted by atomic mass is 16.5. The summed E-state index contributed by atoms with van der Waals surface area (Å²) in [7, 11) is 0. The fourth-order valence-electron chi connectivity index (χ4n) is 5.88. The van der Waals surface area contributed by atoms with Crippen LogP contribution in [0.3, 0.4) is 0 Å². The SMILES string of the molecule is Nc1ncnc2c1ncn2CCCOC(=O)C1C2CC3CC(C2)CC1C3. The summed E-state index contributed by atoms with van der Waals surface area (Å²) in [5, 5.41) is 0. The van der Waals surface area contributed by atoms with Crippen LogP contribution < -0.4 is 5.73 Å². The second-order valence-corrected chi connectivity index (χ2v) is 8.35. The third kappa shape index (κ3) is 2.64. The number of ether oxygens (including phenoxy) is 1. The minimum atomic E-state index is 0.0425. The zero-order valence-electron chi connectivity index (χ0n) is 14.9. The standard InChI is InChI=1S/C19H25N5O2/c20-17-16-18(22-9-21-17)24(10-23-16)2-1-3-26-19(25)15-13-5-11-4-12(7-13)8-14(15)6-11/h9-15H,1-8H2,(H2,20,21,22). The van der Waals surface area contributed by atoms with Gasteiger partial charge in [-0.3, -0.25) is 4.79 Å². The summed E-state index contributed by atoms with van der Waals surface area (Å²) < 4.78 is 7.61. The van der Waals surface area contributed by atoms with Crippen LogP contribution in [0.4, 0.5) is 5.82 Å². The molecule has 4 aliphatic carbocycles. The van der Waals surface area contributed by atoms with Crippen molar-refractivity contribution in [1.82, 2.24) is 19.5 Å². The van der Waals surface area contributed by atoms with Crippen LogP contribution in [0.25, 0.3) is 11.2 Å². The monoisotopic (exact) mass is 355 g/mol. The Bertz CT molecular complexity index is 804. The number of aromatic nitrogens is 4. The molecule has 2 heterocycles. The summed E-state index contributed by atoms with van der Waals surface area (Å²) in [6.45, 7) is 1.14. The number of nitrogens with two attached hydrogens (primary N) is 1. The first-order valence-corrected chi connectivity index (χ1v) is 9.77. The molecule has 26 heavy (non-hydrogen) atoms. The number of hydrogen-bond acceptors (Lipinski definition) is 6. The van der Waals surface area contributed by atoms with E-state index in [1.165, 1.54) is 38.4 Å². The Morgan fingerprint density at radius 1 is 1.12 bits per heavy atom. The number of fused-ring (bicyclic) bond motifs is 1. The van der Waals surface area contributed by atoms with E-state index in [2.05, 4.69) is 15.0 Å². The molecule has 138 valence electrons. The van der Waals surface area contributed by atoms with Crippen molar-refractivity contribution in [2.45, 2.75) is 45.1 Å². The van der Waals surface area contributed by atoms with Gasteiger partial charge in [-0.15, -0.1) is 0 Å². The number of aryl methyl sites for hydroxylation is 1. The third-order valence-electron chi connectivity index (χ3n) is 6.72. The summed E-state index contributed by atoms with van der Waals surface area (Å²) in [4.78, 5) is 25.1. The van der Waals surface area contributed by atoms with Gasteiger partial charge in [-0.05, 0) is 62.2 Å². The molecule has 2 N–H and O–H groups in total. The number of carbonyl (C=O) groups excluding carboxylic acids is 1. The maximum Gasteiger partial charge on any atom is 0.309 e. The van der Waals surface area contributed by atoms with Crippen molar-refractivity contribution in [2.24, 2.45) is 29.6 Å². The fraction of sp³-hybridized carbons (Fsp3) is 0.684. The largest absolute Gasteiger partial charge is 0.465 e. The first kappa shape index (κ1) is 16.0. The molecule has 4 bridgehead atoms. The number of nitrogens with zero attached hydrogens (tertiary/aromatic N) is 4. The van der Waals surface area contributed by atoms with Crippen molar-refractivity contribution >= 4 is 23.0 Å². The Balaban J connectivity index is 1.16. The zero-order valence-corrected chi connectivity index (χ0v) is 14.9. The number of imidazole rings is 1. The highest BCUT2D eigenvalue weighted by Gasteiger charge is 2.51. The summed E-state index contributed by atoms with van der Waals surface area (Å²) in [6, 6.07) is 0. The molecular formula is C19H25N5O2.